The van der Waals surface area contributed by atoms with Crippen LogP contribution >= 0.6 is 0 Å². The number of esters is 1. The van der Waals surface area contributed by atoms with Crippen LogP contribution in [-0.4, -0.2) is 65.9 Å². The molecule has 0 N–H and O–H groups in total. The highest BCUT2D eigenvalue weighted by atomic mass is 16.6. The van der Waals surface area contributed by atoms with Gasteiger partial charge in [-0.25, -0.2) is 0 Å². The number of carbonyl (C=O) groups excluding carboxylic acids is 1. The summed E-state index contributed by atoms with van der Waals surface area (Å²) in [5, 5.41) is 0. The van der Waals surface area contributed by atoms with Crippen molar-refractivity contribution >= 4 is 5.97 Å². The lowest BCUT2D eigenvalue weighted by molar-refractivity contribution is -0.141. The molecule has 6 heteroatoms. The van der Waals surface area contributed by atoms with Crippen molar-refractivity contribution < 1.29 is 28.5 Å². The van der Waals surface area contributed by atoms with Gasteiger partial charge in [0.2, 0.25) is 0 Å². The molecule has 22 heavy (non-hydrogen) atoms. The third kappa shape index (κ3) is 17.4. The number of methoxy groups -OCH3 is 1. The molecule has 0 aliphatic rings. The molecule has 0 saturated heterocycles. The van der Waals surface area contributed by atoms with Gasteiger partial charge in [0.05, 0.1) is 59.8 Å². The summed E-state index contributed by atoms with van der Waals surface area (Å²) in [5.41, 5.74) is 0. The Morgan fingerprint density at radius 3 is 1.68 bits per heavy atom. The second kappa shape index (κ2) is 18.4. The van der Waals surface area contributed by atoms with E-state index in [0.717, 1.165) is 13.0 Å². The lowest BCUT2D eigenvalue weighted by atomic mass is 10.2. The fraction of sp³-hybridized carbons (Fsp3) is 0.938. The minimum Gasteiger partial charge on any atom is -0.469 e. The number of unbranched alkanes of at least 4 members (excludes halogenated alkanes) is 3. The number of ether oxygens (including phenoxy) is 5. The molecule has 0 radical (unpaired) electrons. The third-order valence-corrected chi connectivity index (χ3v) is 2.94. The van der Waals surface area contributed by atoms with E-state index in [1.54, 1.807) is 0 Å². The quantitative estimate of drug-likeness (QED) is 0.302. The third-order valence-electron chi connectivity index (χ3n) is 2.94. The first-order valence-electron chi connectivity index (χ1n) is 8.19. The van der Waals surface area contributed by atoms with Gasteiger partial charge in [0.15, 0.2) is 0 Å². The highest BCUT2D eigenvalue weighted by Crippen LogP contribution is 1.98. The maximum absolute atomic E-state index is 10.8. The highest BCUT2D eigenvalue weighted by molar-refractivity contribution is 5.69. The summed E-state index contributed by atoms with van der Waals surface area (Å²) >= 11 is 0. The highest BCUT2D eigenvalue weighted by Gasteiger charge is 1.99. The van der Waals surface area contributed by atoms with Gasteiger partial charge in [-0.3, -0.25) is 4.79 Å². The van der Waals surface area contributed by atoms with Gasteiger partial charge < -0.3 is 23.7 Å². The molecule has 0 bridgehead atoms. The molecule has 0 heterocycles. The predicted molar refractivity (Wildman–Crippen MR) is 84.1 cm³/mol. The van der Waals surface area contributed by atoms with Crippen LogP contribution in [0.3, 0.4) is 0 Å². The number of hydrogen-bond donors (Lipinski definition) is 0. The first-order chi connectivity index (χ1) is 10.8. The van der Waals surface area contributed by atoms with Crippen molar-refractivity contribution in [2.75, 3.05) is 60.0 Å². The van der Waals surface area contributed by atoms with E-state index in [0.29, 0.717) is 46.2 Å². The van der Waals surface area contributed by atoms with E-state index in [1.807, 2.05) is 0 Å². The van der Waals surface area contributed by atoms with Crippen molar-refractivity contribution in [3.63, 3.8) is 0 Å². The van der Waals surface area contributed by atoms with Gasteiger partial charge in [-0.2, -0.15) is 0 Å². The monoisotopic (exact) mass is 320 g/mol. The van der Waals surface area contributed by atoms with Crippen molar-refractivity contribution in [2.45, 2.75) is 39.0 Å². The molecular formula is C16H32O6. The summed E-state index contributed by atoms with van der Waals surface area (Å²) in [7, 11) is 1.36. The predicted octanol–water partition coefficient (Wildman–Crippen LogP) is 2.20. The first kappa shape index (κ1) is 21.3. The molecule has 0 aliphatic heterocycles. The van der Waals surface area contributed by atoms with Crippen LogP contribution in [0.4, 0.5) is 0 Å². The largest absolute Gasteiger partial charge is 0.469 e. The van der Waals surface area contributed by atoms with Crippen molar-refractivity contribution in [2.24, 2.45) is 0 Å². The van der Waals surface area contributed by atoms with E-state index in [4.69, 9.17) is 18.9 Å². The van der Waals surface area contributed by atoms with E-state index >= 15 is 0 Å². The summed E-state index contributed by atoms with van der Waals surface area (Å²) in [6.07, 6.45) is 5.18. The SMILES string of the molecule is CCCCCCOCCOCCOCCOCCC(=O)OC. The molecule has 0 unspecified atom stereocenters. The first-order valence-corrected chi connectivity index (χ1v) is 8.19. The van der Waals surface area contributed by atoms with Crippen molar-refractivity contribution in [3.05, 3.63) is 0 Å². The van der Waals surface area contributed by atoms with Gasteiger partial charge in [-0.1, -0.05) is 26.2 Å². The molecule has 0 saturated carbocycles. The fourth-order valence-corrected chi connectivity index (χ4v) is 1.65. The average molecular weight is 320 g/mol. The Hall–Kier alpha value is -0.690. The summed E-state index contributed by atoms with van der Waals surface area (Å²) in [6.45, 7) is 6.69. The average Bonchev–Trinajstić information content (AvgIpc) is 2.54. The molecule has 0 spiro atoms. The molecule has 0 atom stereocenters. The molecule has 0 aromatic rings. The molecule has 0 fully saturated rings. The summed E-state index contributed by atoms with van der Waals surface area (Å²) in [4.78, 5) is 10.8. The fourth-order valence-electron chi connectivity index (χ4n) is 1.65. The zero-order valence-electron chi connectivity index (χ0n) is 14.1. The van der Waals surface area contributed by atoms with E-state index in [-0.39, 0.29) is 12.4 Å². The van der Waals surface area contributed by atoms with Crippen LogP contribution in [0, 0.1) is 0 Å². The van der Waals surface area contributed by atoms with Crippen LogP contribution in [0.25, 0.3) is 0 Å². The number of hydrogen-bond acceptors (Lipinski definition) is 6. The Bertz CT molecular complexity index is 235. The Morgan fingerprint density at radius 2 is 1.18 bits per heavy atom. The summed E-state index contributed by atoms with van der Waals surface area (Å²) in [5.74, 6) is -0.262. The number of carbonyl (C=O) groups is 1. The van der Waals surface area contributed by atoms with Gasteiger partial charge in [0.25, 0.3) is 0 Å². The zero-order valence-corrected chi connectivity index (χ0v) is 14.1. The van der Waals surface area contributed by atoms with E-state index in [1.165, 1.54) is 26.4 Å². The van der Waals surface area contributed by atoms with Crippen molar-refractivity contribution in [1.29, 1.82) is 0 Å². The van der Waals surface area contributed by atoms with Gasteiger partial charge >= 0.3 is 5.97 Å². The molecule has 6 nitrogen and oxygen atoms in total. The normalized spacial score (nSPS) is 10.8. The van der Waals surface area contributed by atoms with E-state index < -0.39 is 0 Å². The summed E-state index contributed by atoms with van der Waals surface area (Å²) < 4.78 is 25.9. The standard InChI is InChI=1S/C16H32O6/c1-3-4-5-6-8-19-10-12-21-14-15-22-13-11-20-9-7-16(17)18-2/h3-15H2,1-2H3. The second-order valence-electron chi connectivity index (χ2n) is 4.84. The summed E-state index contributed by atoms with van der Waals surface area (Å²) in [6, 6.07) is 0. The van der Waals surface area contributed by atoms with Crippen LogP contribution in [0.5, 0.6) is 0 Å². The maximum atomic E-state index is 10.8. The zero-order chi connectivity index (χ0) is 16.3. The smallest absolute Gasteiger partial charge is 0.307 e. The molecule has 0 aliphatic carbocycles. The molecule has 0 rings (SSSR count). The Kier molecular flexibility index (Phi) is 17.8. The van der Waals surface area contributed by atoms with E-state index in [2.05, 4.69) is 11.7 Å². The van der Waals surface area contributed by atoms with Crippen molar-refractivity contribution in [3.8, 4) is 0 Å². The Labute approximate surface area is 134 Å². The Morgan fingerprint density at radius 1 is 0.682 bits per heavy atom. The van der Waals surface area contributed by atoms with E-state index in [9.17, 15) is 4.79 Å². The minimum atomic E-state index is -0.262. The molecule has 0 aromatic carbocycles. The van der Waals surface area contributed by atoms with Crippen LogP contribution in [0.15, 0.2) is 0 Å². The van der Waals surface area contributed by atoms with Gasteiger partial charge in [0.1, 0.15) is 0 Å². The maximum Gasteiger partial charge on any atom is 0.307 e. The molecular weight excluding hydrogens is 288 g/mol. The van der Waals surface area contributed by atoms with Crippen LogP contribution in [-0.2, 0) is 28.5 Å². The van der Waals surface area contributed by atoms with Crippen molar-refractivity contribution in [1.82, 2.24) is 0 Å². The molecule has 132 valence electrons. The topological polar surface area (TPSA) is 63.2 Å². The van der Waals surface area contributed by atoms with Crippen LogP contribution in [0.1, 0.15) is 39.0 Å². The molecule has 0 amide bonds. The lowest BCUT2D eigenvalue weighted by Crippen LogP contribution is -2.13. The molecule has 0 aromatic heterocycles. The van der Waals surface area contributed by atoms with Crippen LogP contribution < -0.4 is 0 Å². The van der Waals surface area contributed by atoms with Crippen LogP contribution in [0.2, 0.25) is 0 Å². The minimum absolute atomic E-state index is 0.262. The lowest BCUT2D eigenvalue weighted by Gasteiger charge is -2.07. The van der Waals surface area contributed by atoms with Gasteiger partial charge in [-0.15, -0.1) is 0 Å². The number of rotatable bonds is 17. The Balaban J connectivity index is 2.98. The van der Waals surface area contributed by atoms with Gasteiger partial charge in [0, 0.05) is 6.61 Å². The second-order valence-corrected chi connectivity index (χ2v) is 4.84. The van der Waals surface area contributed by atoms with Gasteiger partial charge in [-0.05, 0) is 6.42 Å².